The second-order valence-corrected chi connectivity index (χ2v) is 10.8. The van der Waals surface area contributed by atoms with E-state index in [1.165, 1.54) is 11.1 Å². The molecule has 0 fully saturated rings. The third kappa shape index (κ3) is 8.50. The van der Waals surface area contributed by atoms with Crippen molar-refractivity contribution in [2.45, 2.75) is 84.6 Å². The molecule has 5 heteroatoms. The van der Waals surface area contributed by atoms with Gasteiger partial charge in [-0.05, 0) is 78.1 Å². The predicted octanol–water partition coefficient (Wildman–Crippen LogP) is 7.54. The summed E-state index contributed by atoms with van der Waals surface area (Å²) >= 11 is 11.3. The Morgan fingerprint density at radius 3 is 2.21 bits per heavy atom. The second-order valence-electron chi connectivity index (χ2n) is 9.98. The van der Waals surface area contributed by atoms with E-state index >= 15 is 0 Å². The van der Waals surface area contributed by atoms with Gasteiger partial charge in [-0.1, -0.05) is 77.4 Å². The second kappa shape index (κ2) is 12.6. The van der Waals surface area contributed by atoms with E-state index in [9.17, 15) is 0 Å². The zero-order valence-electron chi connectivity index (χ0n) is 21.2. The Labute approximate surface area is 211 Å². The van der Waals surface area contributed by atoms with Gasteiger partial charge in [0.05, 0.1) is 6.61 Å². The molecule has 0 atom stereocenters. The first-order valence-corrected chi connectivity index (χ1v) is 12.9. The van der Waals surface area contributed by atoms with Gasteiger partial charge in [0.15, 0.2) is 5.11 Å². The Balaban J connectivity index is 1.80. The van der Waals surface area contributed by atoms with E-state index in [0.29, 0.717) is 18.3 Å². The van der Waals surface area contributed by atoms with Crippen molar-refractivity contribution in [3.8, 4) is 5.75 Å². The van der Waals surface area contributed by atoms with Crippen molar-refractivity contribution in [2.24, 2.45) is 0 Å². The zero-order valence-corrected chi connectivity index (χ0v) is 22.8. The van der Waals surface area contributed by atoms with Crippen molar-refractivity contribution in [3.63, 3.8) is 0 Å². The Morgan fingerprint density at radius 2 is 1.58 bits per heavy atom. The summed E-state index contributed by atoms with van der Waals surface area (Å²) in [6.45, 7) is 16.0. The normalized spacial score (nSPS) is 11.8. The molecule has 0 heterocycles. The summed E-state index contributed by atoms with van der Waals surface area (Å²) in [5.74, 6) is 1.02. The van der Waals surface area contributed by atoms with Gasteiger partial charge < -0.3 is 15.4 Å². The first kappa shape index (κ1) is 27.5. The summed E-state index contributed by atoms with van der Waals surface area (Å²) < 4.78 is 6.26. The molecule has 2 rings (SSSR count). The van der Waals surface area contributed by atoms with Gasteiger partial charge in [-0.25, -0.2) is 0 Å². The van der Waals surface area contributed by atoms with Crippen LogP contribution in [0.4, 0.5) is 0 Å². The minimum Gasteiger partial charge on any atom is -0.493 e. The maximum Gasteiger partial charge on any atom is 0.166 e. The topological polar surface area (TPSA) is 33.3 Å². The number of benzene rings is 2. The standard InChI is InChI=1S/C28H41ClN2OS/c1-7-27(3,4)22-13-16-25(24(19-22)28(5,6)8-2)32-18-10-9-17-30-26(33)31-20-21-11-14-23(29)15-12-21/h11-16,19H,7-10,17-18,20H2,1-6H3,(H2,30,31,33). The molecule has 0 bridgehead atoms. The Morgan fingerprint density at radius 1 is 0.909 bits per heavy atom. The third-order valence-electron chi connectivity index (χ3n) is 6.74. The van der Waals surface area contributed by atoms with Crippen molar-refractivity contribution in [1.82, 2.24) is 10.6 Å². The predicted molar refractivity (Wildman–Crippen MR) is 147 cm³/mol. The highest BCUT2D eigenvalue weighted by Crippen LogP contribution is 2.38. The number of ether oxygens (including phenoxy) is 1. The molecular weight excluding hydrogens is 448 g/mol. The van der Waals surface area contributed by atoms with Gasteiger partial charge in [-0.2, -0.15) is 0 Å². The molecule has 0 aromatic heterocycles. The highest BCUT2D eigenvalue weighted by Gasteiger charge is 2.26. The maximum absolute atomic E-state index is 6.26. The van der Waals surface area contributed by atoms with Crippen molar-refractivity contribution in [2.75, 3.05) is 13.2 Å². The fourth-order valence-corrected chi connectivity index (χ4v) is 3.76. The van der Waals surface area contributed by atoms with Gasteiger partial charge >= 0.3 is 0 Å². The van der Waals surface area contributed by atoms with E-state index in [2.05, 4.69) is 70.4 Å². The average molecular weight is 489 g/mol. The molecule has 2 N–H and O–H groups in total. The molecule has 0 saturated carbocycles. The number of halogens is 1. The SMILES string of the molecule is CCC(C)(C)c1ccc(OCCCCNC(=S)NCc2ccc(Cl)cc2)c(C(C)(C)CC)c1. The number of hydrogen-bond donors (Lipinski definition) is 2. The highest BCUT2D eigenvalue weighted by atomic mass is 35.5. The van der Waals surface area contributed by atoms with Crippen LogP contribution >= 0.6 is 23.8 Å². The number of rotatable bonds is 12. The molecule has 2 aromatic carbocycles. The fraction of sp³-hybridized carbons (Fsp3) is 0.536. The summed E-state index contributed by atoms with van der Waals surface area (Å²) in [6, 6.07) is 14.6. The largest absolute Gasteiger partial charge is 0.493 e. The van der Waals surface area contributed by atoms with Crippen LogP contribution in [0.2, 0.25) is 5.02 Å². The molecule has 0 aliphatic heterocycles. The monoisotopic (exact) mass is 488 g/mol. The molecule has 0 amide bonds. The number of hydrogen-bond acceptors (Lipinski definition) is 2. The average Bonchev–Trinajstić information content (AvgIpc) is 2.80. The van der Waals surface area contributed by atoms with Crippen LogP contribution in [0, 0.1) is 0 Å². The molecule has 0 radical (unpaired) electrons. The Hall–Kier alpha value is -1.78. The van der Waals surface area contributed by atoms with Gasteiger partial charge in [-0.3, -0.25) is 0 Å². The van der Waals surface area contributed by atoms with Crippen LogP contribution < -0.4 is 15.4 Å². The molecule has 33 heavy (non-hydrogen) atoms. The summed E-state index contributed by atoms with van der Waals surface area (Å²) in [7, 11) is 0. The molecular formula is C28H41ClN2OS. The van der Waals surface area contributed by atoms with Crippen LogP contribution in [-0.2, 0) is 17.4 Å². The Kier molecular flexibility index (Phi) is 10.5. The molecule has 0 spiro atoms. The smallest absolute Gasteiger partial charge is 0.166 e. The van der Waals surface area contributed by atoms with Crippen molar-refractivity contribution in [3.05, 3.63) is 64.2 Å². The number of thiocarbonyl (C=S) groups is 1. The van der Waals surface area contributed by atoms with Crippen molar-refractivity contribution >= 4 is 28.9 Å². The quantitative estimate of drug-likeness (QED) is 0.239. The Bertz CT molecular complexity index is 893. The molecule has 182 valence electrons. The van der Waals surface area contributed by atoms with Crippen LogP contribution in [0.25, 0.3) is 0 Å². The molecule has 3 nitrogen and oxygen atoms in total. The molecule has 0 saturated heterocycles. The maximum atomic E-state index is 6.26. The van der Waals surface area contributed by atoms with Crippen LogP contribution in [0.3, 0.4) is 0 Å². The third-order valence-corrected chi connectivity index (χ3v) is 7.28. The van der Waals surface area contributed by atoms with Crippen LogP contribution in [0.5, 0.6) is 5.75 Å². The zero-order chi connectivity index (χ0) is 24.5. The lowest BCUT2D eigenvalue weighted by Gasteiger charge is -2.30. The lowest BCUT2D eigenvalue weighted by Crippen LogP contribution is -2.35. The molecule has 2 aromatic rings. The van der Waals surface area contributed by atoms with E-state index in [1.807, 2.05) is 24.3 Å². The van der Waals surface area contributed by atoms with Crippen LogP contribution in [0.15, 0.2) is 42.5 Å². The fourth-order valence-electron chi connectivity index (χ4n) is 3.46. The lowest BCUT2D eigenvalue weighted by atomic mass is 9.76. The first-order chi connectivity index (χ1) is 15.6. The van der Waals surface area contributed by atoms with E-state index in [1.54, 1.807) is 0 Å². The van der Waals surface area contributed by atoms with Gasteiger partial charge in [0.1, 0.15) is 5.75 Å². The highest BCUT2D eigenvalue weighted by molar-refractivity contribution is 7.80. The molecule has 0 aliphatic rings. The van der Waals surface area contributed by atoms with E-state index in [-0.39, 0.29) is 10.8 Å². The van der Waals surface area contributed by atoms with E-state index < -0.39 is 0 Å². The van der Waals surface area contributed by atoms with Crippen molar-refractivity contribution < 1.29 is 4.74 Å². The lowest BCUT2D eigenvalue weighted by molar-refractivity contribution is 0.296. The van der Waals surface area contributed by atoms with Crippen molar-refractivity contribution in [1.29, 1.82) is 0 Å². The number of unbranched alkanes of at least 4 members (excludes halogenated alkanes) is 1. The molecule has 0 unspecified atom stereocenters. The summed E-state index contributed by atoms with van der Waals surface area (Å²) in [5, 5.41) is 7.93. The first-order valence-electron chi connectivity index (χ1n) is 12.1. The van der Waals surface area contributed by atoms with Gasteiger partial charge in [0.25, 0.3) is 0 Å². The van der Waals surface area contributed by atoms with Crippen LogP contribution in [-0.4, -0.2) is 18.3 Å². The van der Waals surface area contributed by atoms with E-state index in [0.717, 1.165) is 48.6 Å². The summed E-state index contributed by atoms with van der Waals surface area (Å²) in [4.78, 5) is 0. The van der Waals surface area contributed by atoms with Gasteiger partial charge in [-0.15, -0.1) is 0 Å². The molecule has 0 aliphatic carbocycles. The van der Waals surface area contributed by atoms with E-state index in [4.69, 9.17) is 28.6 Å². The van der Waals surface area contributed by atoms with Gasteiger partial charge in [0.2, 0.25) is 0 Å². The minimum absolute atomic E-state index is 0.0820. The number of nitrogens with one attached hydrogen (secondary N) is 2. The summed E-state index contributed by atoms with van der Waals surface area (Å²) in [5.41, 5.74) is 4.10. The van der Waals surface area contributed by atoms with Crippen LogP contribution in [0.1, 0.15) is 83.9 Å². The summed E-state index contributed by atoms with van der Waals surface area (Å²) in [6.07, 6.45) is 4.16. The minimum atomic E-state index is 0.0820. The van der Waals surface area contributed by atoms with Gasteiger partial charge in [0, 0.05) is 23.7 Å².